The van der Waals surface area contributed by atoms with Crippen molar-refractivity contribution in [2.45, 2.75) is 6.10 Å². The van der Waals surface area contributed by atoms with Crippen LogP contribution in [0, 0.1) is 0 Å². The van der Waals surface area contributed by atoms with Gasteiger partial charge in [-0.1, -0.05) is 0 Å². The van der Waals surface area contributed by atoms with Gasteiger partial charge in [-0.2, -0.15) is 0 Å². The van der Waals surface area contributed by atoms with E-state index in [4.69, 9.17) is 9.47 Å². The minimum absolute atomic E-state index is 0.247. The van der Waals surface area contributed by atoms with Gasteiger partial charge in [0.1, 0.15) is 0 Å². The minimum atomic E-state index is 0.247. The second-order valence-corrected chi connectivity index (χ2v) is 4.92. The van der Waals surface area contributed by atoms with Gasteiger partial charge in [-0.3, -0.25) is 4.90 Å². The molecule has 2 rings (SSSR count). The first kappa shape index (κ1) is 13.2. The first-order valence-electron chi connectivity index (χ1n) is 6.65. The lowest BCUT2D eigenvalue weighted by atomic mass is 10.3. The Morgan fingerprint density at radius 1 is 1.29 bits per heavy atom. The molecule has 0 aliphatic carbocycles. The normalized spacial score (nSPS) is 28.4. The van der Waals surface area contributed by atoms with Crippen molar-refractivity contribution in [3.63, 3.8) is 0 Å². The molecule has 2 aliphatic heterocycles. The van der Waals surface area contributed by atoms with Crippen molar-refractivity contribution in [2.75, 3.05) is 72.7 Å². The van der Waals surface area contributed by atoms with Crippen molar-refractivity contribution in [2.24, 2.45) is 0 Å². The summed E-state index contributed by atoms with van der Waals surface area (Å²) in [5, 5.41) is 3.31. The average molecular weight is 243 g/mol. The fourth-order valence-corrected chi connectivity index (χ4v) is 2.21. The largest absolute Gasteiger partial charge is 0.377 e. The Labute approximate surface area is 104 Å². The van der Waals surface area contributed by atoms with Gasteiger partial charge >= 0.3 is 0 Å². The number of nitrogens with zero attached hydrogens (tertiary/aromatic N) is 2. The molecule has 5 heteroatoms. The lowest BCUT2D eigenvalue weighted by Gasteiger charge is -2.32. The molecule has 100 valence electrons. The van der Waals surface area contributed by atoms with Crippen LogP contribution in [0.4, 0.5) is 0 Å². The molecule has 0 spiro atoms. The molecule has 0 saturated carbocycles. The topological polar surface area (TPSA) is 37.0 Å². The van der Waals surface area contributed by atoms with Crippen LogP contribution in [0.5, 0.6) is 0 Å². The number of hydrogen-bond acceptors (Lipinski definition) is 5. The van der Waals surface area contributed by atoms with Crippen molar-refractivity contribution >= 4 is 0 Å². The van der Waals surface area contributed by atoms with E-state index in [1.807, 2.05) is 0 Å². The molecule has 0 radical (unpaired) electrons. The second kappa shape index (κ2) is 7.28. The van der Waals surface area contributed by atoms with Crippen LogP contribution < -0.4 is 5.32 Å². The van der Waals surface area contributed by atoms with E-state index in [9.17, 15) is 0 Å². The predicted molar refractivity (Wildman–Crippen MR) is 67.4 cm³/mol. The van der Waals surface area contributed by atoms with Crippen LogP contribution in [0.1, 0.15) is 0 Å². The SMILES string of the molecule is CN1CCN(CCOCC2CNCCO2)CC1. The maximum atomic E-state index is 5.68. The number of hydrogen-bond donors (Lipinski definition) is 1. The third kappa shape index (κ3) is 4.89. The van der Waals surface area contributed by atoms with Gasteiger partial charge < -0.3 is 19.7 Å². The number of nitrogens with one attached hydrogen (secondary N) is 1. The summed E-state index contributed by atoms with van der Waals surface area (Å²) in [7, 11) is 2.18. The van der Waals surface area contributed by atoms with Crippen molar-refractivity contribution < 1.29 is 9.47 Å². The maximum Gasteiger partial charge on any atom is 0.0933 e. The maximum absolute atomic E-state index is 5.68. The molecule has 0 bridgehead atoms. The Morgan fingerprint density at radius 3 is 2.82 bits per heavy atom. The molecular weight excluding hydrogens is 218 g/mol. The molecule has 5 nitrogen and oxygen atoms in total. The van der Waals surface area contributed by atoms with E-state index in [-0.39, 0.29) is 6.10 Å². The van der Waals surface area contributed by atoms with Crippen LogP contribution in [0.2, 0.25) is 0 Å². The van der Waals surface area contributed by atoms with Crippen LogP contribution in [-0.4, -0.2) is 88.6 Å². The summed E-state index contributed by atoms with van der Waals surface area (Å²) in [6, 6.07) is 0. The Bertz CT molecular complexity index is 202. The molecule has 0 aromatic heterocycles. The van der Waals surface area contributed by atoms with E-state index in [1.165, 1.54) is 26.2 Å². The van der Waals surface area contributed by atoms with Crippen molar-refractivity contribution in [1.82, 2.24) is 15.1 Å². The zero-order valence-corrected chi connectivity index (χ0v) is 10.9. The van der Waals surface area contributed by atoms with Gasteiger partial charge in [0, 0.05) is 45.8 Å². The van der Waals surface area contributed by atoms with E-state index >= 15 is 0 Å². The number of morpholine rings is 1. The summed E-state index contributed by atoms with van der Waals surface area (Å²) >= 11 is 0. The molecule has 0 aromatic rings. The van der Waals surface area contributed by atoms with Gasteiger partial charge in [-0.15, -0.1) is 0 Å². The van der Waals surface area contributed by atoms with Crippen LogP contribution in [0.15, 0.2) is 0 Å². The van der Waals surface area contributed by atoms with E-state index in [2.05, 4.69) is 22.2 Å². The van der Waals surface area contributed by atoms with Gasteiger partial charge in [0.25, 0.3) is 0 Å². The first-order chi connectivity index (χ1) is 8.34. The number of rotatable bonds is 5. The fourth-order valence-electron chi connectivity index (χ4n) is 2.21. The number of likely N-dealkylation sites (N-methyl/N-ethyl adjacent to an activating group) is 1. The van der Waals surface area contributed by atoms with Crippen molar-refractivity contribution in [3.8, 4) is 0 Å². The molecule has 1 unspecified atom stereocenters. The molecule has 2 heterocycles. The lowest BCUT2D eigenvalue weighted by Crippen LogP contribution is -2.46. The van der Waals surface area contributed by atoms with Crippen LogP contribution in [0.3, 0.4) is 0 Å². The summed E-state index contributed by atoms with van der Waals surface area (Å²) in [6.45, 7) is 9.99. The molecule has 1 N–H and O–H groups in total. The third-order valence-electron chi connectivity index (χ3n) is 3.46. The van der Waals surface area contributed by atoms with Gasteiger partial charge in [0.2, 0.25) is 0 Å². The van der Waals surface area contributed by atoms with E-state index < -0.39 is 0 Å². The third-order valence-corrected chi connectivity index (χ3v) is 3.46. The second-order valence-electron chi connectivity index (χ2n) is 4.92. The Kier molecular flexibility index (Phi) is 5.67. The highest BCUT2D eigenvalue weighted by molar-refractivity contribution is 4.69. The first-order valence-corrected chi connectivity index (χ1v) is 6.65. The summed E-state index contributed by atoms with van der Waals surface area (Å²) in [5.74, 6) is 0. The summed E-state index contributed by atoms with van der Waals surface area (Å²) in [5.41, 5.74) is 0. The molecule has 0 amide bonds. The monoisotopic (exact) mass is 243 g/mol. The van der Waals surface area contributed by atoms with Crippen molar-refractivity contribution in [1.29, 1.82) is 0 Å². The highest BCUT2D eigenvalue weighted by Crippen LogP contribution is 2.00. The predicted octanol–water partition coefficient (Wildman–Crippen LogP) is -0.761. The van der Waals surface area contributed by atoms with Gasteiger partial charge in [-0.25, -0.2) is 0 Å². The summed E-state index contributed by atoms with van der Waals surface area (Å²) in [4.78, 5) is 4.85. The molecule has 0 aromatic carbocycles. The van der Waals surface area contributed by atoms with E-state index in [0.29, 0.717) is 0 Å². The Morgan fingerprint density at radius 2 is 2.12 bits per heavy atom. The average Bonchev–Trinajstić information content (AvgIpc) is 2.38. The van der Waals surface area contributed by atoms with Crippen LogP contribution >= 0.6 is 0 Å². The Hall–Kier alpha value is -0.200. The highest BCUT2D eigenvalue weighted by Gasteiger charge is 2.15. The van der Waals surface area contributed by atoms with Gasteiger partial charge in [0.15, 0.2) is 0 Å². The summed E-state index contributed by atoms with van der Waals surface area (Å²) in [6.07, 6.45) is 0.247. The molecular formula is C12H25N3O2. The molecule has 17 heavy (non-hydrogen) atoms. The quantitative estimate of drug-likeness (QED) is 0.642. The number of piperazine rings is 1. The van der Waals surface area contributed by atoms with Gasteiger partial charge in [0.05, 0.1) is 25.9 Å². The highest BCUT2D eigenvalue weighted by atomic mass is 16.5. The lowest BCUT2D eigenvalue weighted by molar-refractivity contribution is -0.0357. The van der Waals surface area contributed by atoms with Crippen LogP contribution in [0.25, 0.3) is 0 Å². The zero-order valence-electron chi connectivity index (χ0n) is 10.9. The van der Waals surface area contributed by atoms with E-state index in [1.54, 1.807) is 0 Å². The van der Waals surface area contributed by atoms with Gasteiger partial charge in [-0.05, 0) is 7.05 Å². The molecule has 2 fully saturated rings. The number of ether oxygens (including phenoxy) is 2. The standard InChI is InChI=1S/C12H25N3O2/c1-14-3-5-15(6-4-14)7-9-16-11-12-10-13-2-8-17-12/h12-13H,2-11H2,1H3. The molecule has 2 aliphatic rings. The fraction of sp³-hybridized carbons (Fsp3) is 1.00. The molecule has 1 atom stereocenters. The van der Waals surface area contributed by atoms with Crippen LogP contribution in [-0.2, 0) is 9.47 Å². The zero-order chi connectivity index (χ0) is 11.9. The van der Waals surface area contributed by atoms with E-state index in [0.717, 1.165) is 39.5 Å². The minimum Gasteiger partial charge on any atom is -0.377 e. The van der Waals surface area contributed by atoms with Crippen molar-refractivity contribution in [3.05, 3.63) is 0 Å². The molecule has 2 saturated heterocycles. The smallest absolute Gasteiger partial charge is 0.0933 e. The summed E-state index contributed by atoms with van der Waals surface area (Å²) < 4.78 is 11.3. The Balaban J connectivity index is 1.48.